The van der Waals surface area contributed by atoms with E-state index in [1.807, 2.05) is 24.3 Å². The van der Waals surface area contributed by atoms with Gasteiger partial charge in [-0.1, -0.05) is 42.5 Å². The van der Waals surface area contributed by atoms with E-state index in [9.17, 15) is 19.2 Å². The first-order chi connectivity index (χ1) is 16.0. The van der Waals surface area contributed by atoms with E-state index >= 15 is 0 Å². The van der Waals surface area contributed by atoms with Crippen LogP contribution in [0.3, 0.4) is 0 Å². The van der Waals surface area contributed by atoms with Crippen molar-refractivity contribution in [3.05, 3.63) is 70.8 Å². The van der Waals surface area contributed by atoms with Gasteiger partial charge in [-0.15, -0.1) is 0 Å². The molecule has 3 N–H and O–H groups in total. The second-order valence-electron chi connectivity index (χ2n) is 8.78. The lowest BCUT2D eigenvalue weighted by molar-refractivity contribution is -0.136. The Bertz CT molecular complexity index is 1120. The predicted molar refractivity (Wildman–Crippen MR) is 120 cm³/mol. The summed E-state index contributed by atoms with van der Waals surface area (Å²) in [5.74, 6) is -1.58. The molecule has 2 fully saturated rings. The molecular formula is C25H26N4O4. The Morgan fingerprint density at radius 1 is 0.939 bits per heavy atom. The van der Waals surface area contributed by atoms with Crippen LogP contribution in [-0.2, 0) is 16.1 Å². The molecule has 33 heavy (non-hydrogen) atoms. The Labute approximate surface area is 191 Å². The van der Waals surface area contributed by atoms with E-state index in [1.54, 1.807) is 12.1 Å². The number of hydrogen-bond donors (Lipinski definition) is 3. The van der Waals surface area contributed by atoms with Crippen molar-refractivity contribution in [3.8, 4) is 0 Å². The van der Waals surface area contributed by atoms with Crippen molar-refractivity contribution < 1.29 is 19.2 Å². The van der Waals surface area contributed by atoms with E-state index in [-0.39, 0.29) is 24.8 Å². The van der Waals surface area contributed by atoms with Gasteiger partial charge in [-0.3, -0.25) is 29.4 Å². The van der Waals surface area contributed by atoms with Crippen molar-refractivity contribution in [2.24, 2.45) is 0 Å². The van der Waals surface area contributed by atoms with Gasteiger partial charge in [0.1, 0.15) is 6.04 Å². The summed E-state index contributed by atoms with van der Waals surface area (Å²) in [7, 11) is 0. The normalized spacial score (nSPS) is 25.2. The van der Waals surface area contributed by atoms with Gasteiger partial charge in [0.15, 0.2) is 0 Å². The Morgan fingerprint density at radius 2 is 1.76 bits per heavy atom. The molecule has 3 aliphatic heterocycles. The molecule has 0 bridgehead atoms. The fourth-order valence-electron chi connectivity index (χ4n) is 5.15. The molecule has 0 aromatic heterocycles. The summed E-state index contributed by atoms with van der Waals surface area (Å²) in [6.07, 6.45) is 1.26. The number of benzene rings is 2. The maximum atomic E-state index is 13.3. The molecule has 2 aromatic rings. The lowest BCUT2D eigenvalue weighted by atomic mass is 9.86. The molecule has 2 saturated heterocycles. The zero-order valence-electron chi connectivity index (χ0n) is 18.2. The van der Waals surface area contributed by atoms with Crippen molar-refractivity contribution >= 4 is 23.6 Å². The average Bonchev–Trinajstić information content (AvgIpc) is 3.09. The summed E-state index contributed by atoms with van der Waals surface area (Å²) in [4.78, 5) is 51.2. The van der Waals surface area contributed by atoms with Crippen LogP contribution < -0.4 is 16.0 Å². The highest BCUT2D eigenvalue weighted by Crippen LogP contribution is 2.31. The molecule has 0 spiro atoms. The first kappa shape index (κ1) is 21.5. The Balaban J connectivity index is 1.36. The zero-order valence-corrected chi connectivity index (χ0v) is 18.2. The van der Waals surface area contributed by atoms with Gasteiger partial charge in [0.25, 0.3) is 11.8 Å². The number of imide groups is 2. The summed E-state index contributed by atoms with van der Waals surface area (Å²) < 4.78 is 0. The standard InChI is InChI=1S/C25H26N4O4/c30-21-10-9-20(23(31)28-21)29-24(32)18-8-4-7-16(22(18)25(29)33)13-27-19-14-26-12-11-17(19)15-5-2-1-3-6-15/h1-8,17,19-20,26-27H,9-14H2,(H,28,30,31)/t17-,19-,20?/m1/s1. The molecular weight excluding hydrogens is 420 g/mol. The van der Waals surface area contributed by atoms with Crippen LogP contribution in [0.25, 0.3) is 0 Å². The minimum atomic E-state index is -0.957. The van der Waals surface area contributed by atoms with E-state index in [4.69, 9.17) is 0 Å². The van der Waals surface area contributed by atoms with Crippen LogP contribution in [0.1, 0.15) is 57.0 Å². The largest absolute Gasteiger partial charge is 0.315 e. The molecule has 170 valence electrons. The maximum Gasteiger partial charge on any atom is 0.262 e. The van der Waals surface area contributed by atoms with Crippen LogP contribution in [0.15, 0.2) is 48.5 Å². The highest BCUT2D eigenvalue weighted by molar-refractivity contribution is 6.24. The van der Waals surface area contributed by atoms with E-state index in [2.05, 4.69) is 28.1 Å². The van der Waals surface area contributed by atoms with Crippen LogP contribution in [0, 0.1) is 0 Å². The number of nitrogens with zero attached hydrogens (tertiary/aromatic N) is 1. The molecule has 1 unspecified atom stereocenters. The highest BCUT2D eigenvalue weighted by atomic mass is 16.2. The van der Waals surface area contributed by atoms with Crippen LogP contribution >= 0.6 is 0 Å². The van der Waals surface area contributed by atoms with Gasteiger partial charge in [0.2, 0.25) is 11.8 Å². The van der Waals surface area contributed by atoms with Crippen molar-refractivity contribution in [2.45, 2.75) is 43.8 Å². The maximum absolute atomic E-state index is 13.3. The van der Waals surface area contributed by atoms with Gasteiger partial charge in [-0.2, -0.15) is 0 Å². The number of carbonyl (C=O) groups is 4. The number of hydrogen-bond acceptors (Lipinski definition) is 6. The fraction of sp³-hybridized carbons (Fsp3) is 0.360. The number of rotatable bonds is 5. The molecule has 3 heterocycles. The zero-order chi connectivity index (χ0) is 22.9. The average molecular weight is 447 g/mol. The summed E-state index contributed by atoms with van der Waals surface area (Å²) >= 11 is 0. The van der Waals surface area contributed by atoms with Crippen LogP contribution in [-0.4, -0.2) is 53.7 Å². The van der Waals surface area contributed by atoms with Gasteiger partial charge in [0.05, 0.1) is 11.1 Å². The molecule has 4 amide bonds. The van der Waals surface area contributed by atoms with Crippen molar-refractivity contribution in [1.82, 2.24) is 20.9 Å². The predicted octanol–water partition coefficient (Wildman–Crippen LogP) is 1.32. The fourth-order valence-corrected chi connectivity index (χ4v) is 5.15. The second kappa shape index (κ2) is 8.88. The Morgan fingerprint density at radius 3 is 2.55 bits per heavy atom. The molecule has 2 aromatic carbocycles. The molecule has 0 aliphatic carbocycles. The van der Waals surface area contributed by atoms with Crippen molar-refractivity contribution in [2.75, 3.05) is 13.1 Å². The molecule has 3 atom stereocenters. The molecule has 0 saturated carbocycles. The monoisotopic (exact) mass is 446 g/mol. The van der Waals surface area contributed by atoms with E-state index in [1.165, 1.54) is 5.56 Å². The summed E-state index contributed by atoms with van der Waals surface area (Å²) in [5, 5.41) is 9.26. The Hall–Kier alpha value is -3.36. The number of nitrogens with one attached hydrogen (secondary N) is 3. The minimum Gasteiger partial charge on any atom is -0.315 e. The molecule has 5 rings (SSSR count). The quantitative estimate of drug-likeness (QED) is 0.598. The first-order valence-electron chi connectivity index (χ1n) is 11.4. The third-order valence-corrected chi connectivity index (χ3v) is 6.82. The van der Waals surface area contributed by atoms with Crippen LogP contribution in [0.2, 0.25) is 0 Å². The number of carbonyl (C=O) groups excluding carboxylic acids is 4. The van der Waals surface area contributed by atoms with Gasteiger partial charge in [-0.25, -0.2) is 0 Å². The number of piperidine rings is 2. The molecule has 8 heteroatoms. The Kier molecular flexibility index (Phi) is 5.78. The second-order valence-corrected chi connectivity index (χ2v) is 8.78. The summed E-state index contributed by atoms with van der Waals surface area (Å²) in [5.41, 5.74) is 2.67. The lowest BCUT2D eigenvalue weighted by Gasteiger charge is -2.33. The van der Waals surface area contributed by atoms with Crippen LogP contribution in [0.4, 0.5) is 0 Å². The van der Waals surface area contributed by atoms with Crippen LogP contribution in [0.5, 0.6) is 0 Å². The van der Waals surface area contributed by atoms with E-state index in [0.717, 1.165) is 30.0 Å². The van der Waals surface area contributed by atoms with Crippen molar-refractivity contribution in [1.29, 1.82) is 0 Å². The number of amides is 4. The third kappa shape index (κ3) is 3.96. The van der Waals surface area contributed by atoms with Crippen molar-refractivity contribution in [3.63, 3.8) is 0 Å². The summed E-state index contributed by atoms with van der Waals surface area (Å²) in [6.45, 7) is 2.19. The molecule has 8 nitrogen and oxygen atoms in total. The van der Waals surface area contributed by atoms with Gasteiger partial charge in [-0.05, 0) is 36.6 Å². The lowest BCUT2D eigenvalue weighted by Crippen LogP contribution is -2.54. The smallest absolute Gasteiger partial charge is 0.262 e. The van der Waals surface area contributed by atoms with Gasteiger partial charge in [0, 0.05) is 31.5 Å². The summed E-state index contributed by atoms with van der Waals surface area (Å²) in [6, 6.07) is 14.9. The SMILES string of the molecule is O=C1CCC(N2C(=O)c3cccc(CN[C@@H]4CNCC[C@@H]4c4ccccc4)c3C2=O)C(=O)N1. The molecule has 3 aliphatic rings. The topological polar surface area (TPSA) is 108 Å². The minimum absolute atomic E-state index is 0.105. The van der Waals surface area contributed by atoms with Gasteiger partial charge < -0.3 is 10.6 Å². The highest BCUT2D eigenvalue weighted by Gasteiger charge is 2.45. The van der Waals surface area contributed by atoms with Gasteiger partial charge >= 0.3 is 0 Å². The first-order valence-corrected chi connectivity index (χ1v) is 11.4. The molecule has 0 radical (unpaired) electrons. The van der Waals surface area contributed by atoms with E-state index in [0.29, 0.717) is 23.6 Å². The third-order valence-electron chi connectivity index (χ3n) is 6.82. The van der Waals surface area contributed by atoms with E-state index < -0.39 is 23.8 Å². The number of fused-ring (bicyclic) bond motifs is 1.